The van der Waals surface area contributed by atoms with E-state index in [-0.39, 0.29) is 5.91 Å². The summed E-state index contributed by atoms with van der Waals surface area (Å²) >= 11 is 0. The van der Waals surface area contributed by atoms with Crippen molar-refractivity contribution in [2.24, 2.45) is 5.73 Å². The number of carbonyl (C=O) groups is 2. The first kappa shape index (κ1) is 15.9. The molecular weight excluding hydrogens is 220 g/mol. The molecule has 0 radical (unpaired) electrons. The quantitative estimate of drug-likeness (QED) is 0.504. The lowest BCUT2D eigenvalue weighted by molar-refractivity contribution is -0.138. The maximum absolute atomic E-state index is 11.3. The Labute approximate surface area is 103 Å². The fraction of sp³-hybridized carbons (Fsp3) is 0.833. The second kappa shape index (κ2) is 10.1. The predicted molar refractivity (Wildman–Crippen MR) is 66.6 cm³/mol. The highest BCUT2D eigenvalue weighted by Crippen LogP contribution is 2.02. The normalized spacial score (nSPS) is 12.1. The zero-order chi connectivity index (χ0) is 13.1. The van der Waals surface area contributed by atoms with Gasteiger partial charge in [0.15, 0.2) is 0 Å². The lowest BCUT2D eigenvalue weighted by Crippen LogP contribution is -2.32. The highest BCUT2D eigenvalue weighted by molar-refractivity contribution is 5.75. The number of carboxylic acids is 1. The molecule has 0 aliphatic carbocycles. The van der Waals surface area contributed by atoms with Crippen LogP contribution < -0.4 is 11.1 Å². The Kier molecular flexibility index (Phi) is 9.43. The second-order valence-electron chi connectivity index (χ2n) is 4.25. The van der Waals surface area contributed by atoms with E-state index in [1.165, 1.54) is 6.42 Å². The van der Waals surface area contributed by atoms with Gasteiger partial charge in [-0.2, -0.15) is 0 Å². The van der Waals surface area contributed by atoms with Gasteiger partial charge in [0, 0.05) is 13.0 Å². The molecule has 0 unspecified atom stereocenters. The van der Waals surface area contributed by atoms with Crippen LogP contribution in [0.1, 0.15) is 51.9 Å². The predicted octanol–water partition coefficient (Wildman–Crippen LogP) is 1.27. The Bertz CT molecular complexity index is 232. The topological polar surface area (TPSA) is 92.4 Å². The zero-order valence-corrected chi connectivity index (χ0v) is 10.6. The van der Waals surface area contributed by atoms with Gasteiger partial charge in [-0.05, 0) is 19.3 Å². The van der Waals surface area contributed by atoms with Gasteiger partial charge < -0.3 is 16.2 Å². The van der Waals surface area contributed by atoms with Crippen LogP contribution in [0.4, 0.5) is 0 Å². The van der Waals surface area contributed by atoms with Crippen LogP contribution in [-0.2, 0) is 9.59 Å². The lowest BCUT2D eigenvalue weighted by Gasteiger charge is -2.07. The average Bonchev–Trinajstić information content (AvgIpc) is 2.29. The van der Waals surface area contributed by atoms with Crippen LogP contribution in [0.25, 0.3) is 0 Å². The van der Waals surface area contributed by atoms with Crippen molar-refractivity contribution in [3.63, 3.8) is 0 Å². The second-order valence-corrected chi connectivity index (χ2v) is 4.25. The fourth-order valence-corrected chi connectivity index (χ4v) is 1.47. The van der Waals surface area contributed by atoms with E-state index in [1.807, 2.05) is 0 Å². The van der Waals surface area contributed by atoms with Crippen LogP contribution in [0.15, 0.2) is 0 Å². The third-order valence-electron chi connectivity index (χ3n) is 2.59. The number of hydrogen-bond acceptors (Lipinski definition) is 3. The van der Waals surface area contributed by atoms with Crippen molar-refractivity contribution in [1.29, 1.82) is 0 Å². The fourth-order valence-electron chi connectivity index (χ4n) is 1.47. The number of hydrogen-bond donors (Lipinski definition) is 3. The molecule has 100 valence electrons. The van der Waals surface area contributed by atoms with Gasteiger partial charge in [0.05, 0.1) is 0 Å². The van der Waals surface area contributed by atoms with Crippen LogP contribution in [-0.4, -0.2) is 29.6 Å². The average molecular weight is 244 g/mol. The first-order valence-electron chi connectivity index (χ1n) is 6.33. The SMILES string of the molecule is CCCCCCC(=O)NCCC[C@H](N)C(=O)O. The summed E-state index contributed by atoms with van der Waals surface area (Å²) in [6.07, 6.45) is 5.90. The van der Waals surface area contributed by atoms with Crippen LogP contribution in [0.3, 0.4) is 0 Å². The van der Waals surface area contributed by atoms with Crippen molar-refractivity contribution in [3.05, 3.63) is 0 Å². The molecule has 0 spiro atoms. The van der Waals surface area contributed by atoms with E-state index in [0.717, 1.165) is 19.3 Å². The molecule has 17 heavy (non-hydrogen) atoms. The van der Waals surface area contributed by atoms with Gasteiger partial charge in [0.1, 0.15) is 6.04 Å². The number of aliphatic carboxylic acids is 1. The summed E-state index contributed by atoms with van der Waals surface area (Å²) in [5.41, 5.74) is 5.33. The molecule has 5 nitrogen and oxygen atoms in total. The number of nitrogens with two attached hydrogens (primary N) is 1. The highest BCUT2D eigenvalue weighted by Gasteiger charge is 2.10. The number of carbonyl (C=O) groups excluding carboxylic acids is 1. The maximum Gasteiger partial charge on any atom is 0.320 e. The minimum Gasteiger partial charge on any atom is -0.480 e. The van der Waals surface area contributed by atoms with E-state index in [4.69, 9.17) is 10.8 Å². The third kappa shape index (κ3) is 9.81. The molecule has 0 aliphatic rings. The summed E-state index contributed by atoms with van der Waals surface area (Å²) in [7, 11) is 0. The van der Waals surface area contributed by atoms with Gasteiger partial charge in [0.25, 0.3) is 0 Å². The van der Waals surface area contributed by atoms with Crippen molar-refractivity contribution in [1.82, 2.24) is 5.32 Å². The summed E-state index contributed by atoms with van der Waals surface area (Å²) < 4.78 is 0. The monoisotopic (exact) mass is 244 g/mol. The summed E-state index contributed by atoms with van der Waals surface area (Å²) in [4.78, 5) is 21.7. The van der Waals surface area contributed by atoms with Crippen LogP contribution in [0.2, 0.25) is 0 Å². The molecular formula is C12H24N2O3. The molecule has 0 heterocycles. The Morgan fingerprint density at radius 3 is 2.53 bits per heavy atom. The Hall–Kier alpha value is -1.10. The summed E-state index contributed by atoms with van der Waals surface area (Å²) in [6.45, 7) is 2.64. The zero-order valence-electron chi connectivity index (χ0n) is 10.6. The Morgan fingerprint density at radius 1 is 1.24 bits per heavy atom. The van der Waals surface area contributed by atoms with E-state index in [1.54, 1.807) is 0 Å². The van der Waals surface area contributed by atoms with Crippen molar-refractivity contribution in [3.8, 4) is 0 Å². The van der Waals surface area contributed by atoms with Crippen LogP contribution in [0, 0.1) is 0 Å². The number of rotatable bonds is 10. The van der Waals surface area contributed by atoms with E-state index < -0.39 is 12.0 Å². The number of nitrogens with one attached hydrogen (secondary N) is 1. The first-order valence-corrected chi connectivity index (χ1v) is 6.33. The molecule has 0 saturated carbocycles. The molecule has 1 amide bonds. The summed E-state index contributed by atoms with van der Waals surface area (Å²) in [6, 6.07) is -0.823. The van der Waals surface area contributed by atoms with Gasteiger partial charge in [-0.25, -0.2) is 0 Å². The number of amides is 1. The standard InChI is InChI=1S/C12H24N2O3/c1-2-3-4-5-8-11(15)14-9-6-7-10(13)12(16)17/h10H,2-9,13H2,1H3,(H,14,15)(H,16,17)/t10-/m0/s1. The Morgan fingerprint density at radius 2 is 1.94 bits per heavy atom. The summed E-state index contributed by atoms with van der Waals surface area (Å²) in [5, 5.41) is 11.3. The van der Waals surface area contributed by atoms with Crippen molar-refractivity contribution >= 4 is 11.9 Å². The third-order valence-corrected chi connectivity index (χ3v) is 2.59. The maximum atomic E-state index is 11.3. The molecule has 0 saturated heterocycles. The molecule has 0 aliphatic heterocycles. The van der Waals surface area contributed by atoms with Crippen molar-refractivity contribution < 1.29 is 14.7 Å². The molecule has 4 N–H and O–H groups in total. The highest BCUT2D eigenvalue weighted by atomic mass is 16.4. The van der Waals surface area contributed by atoms with Crippen molar-refractivity contribution in [2.45, 2.75) is 57.9 Å². The Balaban J connectivity index is 3.36. The molecule has 0 aromatic rings. The minimum atomic E-state index is -0.990. The van der Waals surface area contributed by atoms with E-state index in [2.05, 4.69) is 12.2 Å². The first-order chi connectivity index (χ1) is 8.07. The van der Waals surface area contributed by atoms with Crippen molar-refractivity contribution in [2.75, 3.05) is 6.54 Å². The largest absolute Gasteiger partial charge is 0.480 e. The number of unbranched alkanes of at least 4 members (excludes halogenated alkanes) is 3. The van der Waals surface area contributed by atoms with Crippen LogP contribution >= 0.6 is 0 Å². The molecule has 0 bridgehead atoms. The minimum absolute atomic E-state index is 0.0463. The van der Waals surface area contributed by atoms with E-state index in [9.17, 15) is 9.59 Å². The number of carboxylic acid groups (broad SMARTS) is 1. The molecule has 0 rings (SSSR count). The molecule has 0 aromatic heterocycles. The van der Waals surface area contributed by atoms with Gasteiger partial charge in [-0.1, -0.05) is 26.2 Å². The van der Waals surface area contributed by atoms with Gasteiger partial charge in [0.2, 0.25) is 5.91 Å². The van der Waals surface area contributed by atoms with Gasteiger partial charge in [-0.15, -0.1) is 0 Å². The molecule has 1 atom stereocenters. The smallest absolute Gasteiger partial charge is 0.320 e. The van der Waals surface area contributed by atoms with Crippen LogP contribution in [0.5, 0.6) is 0 Å². The van der Waals surface area contributed by atoms with Gasteiger partial charge in [-0.3, -0.25) is 9.59 Å². The molecule has 0 fully saturated rings. The lowest BCUT2D eigenvalue weighted by atomic mass is 10.1. The summed E-state index contributed by atoms with van der Waals surface area (Å²) in [5.74, 6) is -0.944. The molecule has 0 aromatic carbocycles. The molecule has 5 heteroatoms. The van der Waals surface area contributed by atoms with E-state index >= 15 is 0 Å². The van der Waals surface area contributed by atoms with Gasteiger partial charge >= 0.3 is 5.97 Å². The van der Waals surface area contributed by atoms with E-state index in [0.29, 0.717) is 25.8 Å².